The zero-order valence-corrected chi connectivity index (χ0v) is 14.8. The van der Waals surface area contributed by atoms with E-state index < -0.39 is 0 Å². The van der Waals surface area contributed by atoms with Crippen molar-refractivity contribution < 1.29 is 14.3 Å². The lowest BCUT2D eigenvalue weighted by atomic mass is 10.1. The van der Waals surface area contributed by atoms with Gasteiger partial charge < -0.3 is 14.8 Å². The normalized spacial score (nSPS) is 11.7. The van der Waals surface area contributed by atoms with Crippen molar-refractivity contribution in [2.24, 2.45) is 0 Å². The molecule has 4 nitrogen and oxygen atoms in total. The fourth-order valence-electron chi connectivity index (χ4n) is 2.58. The van der Waals surface area contributed by atoms with E-state index in [1.165, 1.54) is 11.1 Å². The molecule has 0 saturated carbocycles. The van der Waals surface area contributed by atoms with Crippen LogP contribution in [0.5, 0.6) is 11.5 Å². The zero-order valence-electron chi connectivity index (χ0n) is 14.8. The second kappa shape index (κ2) is 8.39. The Morgan fingerprint density at radius 2 is 1.79 bits per heavy atom. The molecule has 0 saturated heterocycles. The number of hydrogen-bond donors (Lipinski definition) is 1. The monoisotopic (exact) mass is 327 g/mol. The third-order valence-electron chi connectivity index (χ3n) is 4.04. The SMILES string of the molecule is COc1ccc(OC)c([C@H](C)NC(=O)CCc2ccc(C)cc2)c1. The average molecular weight is 327 g/mol. The van der Waals surface area contributed by atoms with Crippen LogP contribution in [0.2, 0.25) is 0 Å². The first-order valence-corrected chi connectivity index (χ1v) is 8.10. The van der Waals surface area contributed by atoms with Crippen LogP contribution in [0, 0.1) is 6.92 Å². The molecule has 0 aromatic heterocycles. The summed E-state index contributed by atoms with van der Waals surface area (Å²) in [7, 11) is 3.24. The molecule has 0 bridgehead atoms. The quantitative estimate of drug-likeness (QED) is 0.841. The minimum atomic E-state index is -0.152. The smallest absolute Gasteiger partial charge is 0.220 e. The molecule has 4 heteroatoms. The van der Waals surface area contributed by atoms with Gasteiger partial charge in [-0.05, 0) is 44.0 Å². The van der Waals surface area contributed by atoms with Gasteiger partial charge in [0.15, 0.2) is 0 Å². The van der Waals surface area contributed by atoms with Crippen LogP contribution in [0.25, 0.3) is 0 Å². The third-order valence-corrected chi connectivity index (χ3v) is 4.04. The summed E-state index contributed by atoms with van der Waals surface area (Å²) < 4.78 is 10.6. The van der Waals surface area contributed by atoms with Crippen LogP contribution < -0.4 is 14.8 Å². The first-order chi connectivity index (χ1) is 11.5. The van der Waals surface area contributed by atoms with Gasteiger partial charge in [0.05, 0.1) is 20.3 Å². The number of ether oxygens (including phenoxy) is 2. The molecule has 2 aromatic rings. The second-order valence-electron chi connectivity index (χ2n) is 5.88. The van der Waals surface area contributed by atoms with Gasteiger partial charge in [-0.3, -0.25) is 4.79 Å². The molecule has 0 aliphatic heterocycles. The molecule has 128 valence electrons. The maximum Gasteiger partial charge on any atom is 0.220 e. The predicted molar refractivity (Wildman–Crippen MR) is 95.6 cm³/mol. The largest absolute Gasteiger partial charge is 0.497 e. The van der Waals surface area contributed by atoms with Crippen LogP contribution in [0.3, 0.4) is 0 Å². The molecule has 1 amide bonds. The van der Waals surface area contributed by atoms with Crippen LogP contribution >= 0.6 is 0 Å². The van der Waals surface area contributed by atoms with E-state index in [0.717, 1.165) is 23.5 Å². The van der Waals surface area contributed by atoms with Gasteiger partial charge in [-0.2, -0.15) is 0 Å². The van der Waals surface area contributed by atoms with Gasteiger partial charge in [0.2, 0.25) is 5.91 Å². The first kappa shape index (κ1) is 17.9. The van der Waals surface area contributed by atoms with Crippen LogP contribution in [0.15, 0.2) is 42.5 Å². The predicted octanol–water partition coefficient (Wildman–Crippen LogP) is 3.82. The van der Waals surface area contributed by atoms with Crippen molar-refractivity contribution in [3.05, 3.63) is 59.2 Å². The van der Waals surface area contributed by atoms with Crippen molar-refractivity contribution in [1.82, 2.24) is 5.32 Å². The molecule has 0 aliphatic carbocycles. The van der Waals surface area contributed by atoms with Gasteiger partial charge in [-0.25, -0.2) is 0 Å². The lowest BCUT2D eigenvalue weighted by Gasteiger charge is -2.18. The van der Waals surface area contributed by atoms with E-state index in [0.29, 0.717) is 6.42 Å². The summed E-state index contributed by atoms with van der Waals surface area (Å²) in [5.41, 5.74) is 3.30. The number of aryl methyl sites for hydroxylation is 2. The Morgan fingerprint density at radius 1 is 1.08 bits per heavy atom. The van der Waals surface area contributed by atoms with E-state index in [-0.39, 0.29) is 11.9 Å². The van der Waals surface area contributed by atoms with E-state index in [1.54, 1.807) is 14.2 Å². The number of benzene rings is 2. The molecule has 0 spiro atoms. The minimum Gasteiger partial charge on any atom is -0.497 e. The summed E-state index contributed by atoms with van der Waals surface area (Å²) in [5.74, 6) is 1.50. The van der Waals surface area contributed by atoms with Crippen molar-refractivity contribution in [3.8, 4) is 11.5 Å². The van der Waals surface area contributed by atoms with Crippen molar-refractivity contribution in [1.29, 1.82) is 0 Å². The van der Waals surface area contributed by atoms with Crippen LogP contribution in [0.1, 0.15) is 36.1 Å². The Kier molecular flexibility index (Phi) is 6.24. The van der Waals surface area contributed by atoms with E-state index >= 15 is 0 Å². The van der Waals surface area contributed by atoms with Gasteiger partial charge in [-0.1, -0.05) is 29.8 Å². The number of hydrogen-bond acceptors (Lipinski definition) is 3. The van der Waals surface area contributed by atoms with Crippen molar-refractivity contribution in [2.45, 2.75) is 32.7 Å². The fraction of sp³-hybridized carbons (Fsp3) is 0.350. The van der Waals surface area contributed by atoms with Crippen molar-refractivity contribution in [2.75, 3.05) is 14.2 Å². The Labute approximate surface area is 143 Å². The first-order valence-electron chi connectivity index (χ1n) is 8.10. The number of methoxy groups -OCH3 is 2. The van der Waals surface area contributed by atoms with E-state index in [4.69, 9.17) is 9.47 Å². The Bertz CT molecular complexity index is 680. The highest BCUT2D eigenvalue weighted by Gasteiger charge is 2.15. The van der Waals surface area contributed by atoms with Gasteiger partial charge in [0.1, 0.15) is 11.5 Å². The molecular weight excluding hydrogens is 302 g/mol. The number of nitrogens with one attached hydrogen (secondary N) is 1. The zero-order chi connectivity index (χ0) is 17.5. The average Bonchev–Trinajstić information content (AvgIpc) is 2.60. The Balaban J connectivity index is 1.97. The van der Waals surface area contributed by atoms with Gasteiger partial charge in [-0.15, -0.1) is 0 Å². The summed E-state index contributed by atoms with van der Waals surface area (Å²) in [5, 5.41) is 3.03. The summed E-state index contributed by atoms with van der Waals surface area (Å²) in [6.07, 6.45) is 1.19. The topological polar surface area (TPSA) is 47.6 Å². The van der Waals surface area contributed by atoms with Gasteiger partial charge >= 0.3 is 0 Å². The van der Waals surface area contributed by atoms with E-state index in [9.17, 15) is 4.79 Å². The van der Waals surface area contributed by atoms with Gasteiger partial charge in [0.25, 0.3) is 0 Å². The lowest BCUT2D eigenvalue weighted by Crippen LogP contribution is -2.27. The summed E-state index contributed by atoms with van der Waals surface area (Å²) in [6.45, 7) is 4.00. The van der Waals surface area contributed by atoms with E-state index in [2.05, 4.69) is 36.5 Å². The van der Waals surface area contributed by atoms with Crippen LogP contribution in [0.4, 0.5) is 0 Å². The molecule has 0 aliphatic rings. The van der Waals surface area contributed by atoms with Crippen molar-refractivity contribution in [3.63, 3.8) is 0 Å². The lowest BCUT2D eigenvalue weighted by molar-refractivity contribution is -0.121. The highest BCUT2D eigenvalue weighted by Crippen LogP contribution is 2.29. The molecule has 0 unspecified atom stereocenters. The molecule has 1 N–H and O–H groups in total. The molecule has 0 heterocycles. The standard InChI is InChI=1S/C20H25NO3/c1-14-5-7-16(8-6-14)9-12-20(22)21-15(2)18-13-17(23-3)10-11-19(18)24-4/h5-8,10-11,13,15H,9,12H2,1-4H3,(H,21,22)/t15-/m0/s1. The van der Waals surface area contributed by atoms with Crippen LogP contribution in [-0.2, 0) is 11.2 Å². The van der Waals surface area contributed by atoms with E-state index in [1.807, 2.05) is 25.1 Å². The summed E-state index contributed by atoms with van der Waals surface area (Å²) in [4.78, 5) is 12.2. The van der Waals surface area contributed by atoms with Crippen LogP contribution in [-0.4, -0.2) is 20.1 Å². The second-order valence-corrected chi connectivity index (χ2v) is 5.88. The number of rotatable bonds is 7. The Hall–Kier alpha value is -2.49. The van der Waals surface area contributed by atoms with Gasteiger partial charge in [0, 0.05) is 12.0 Å². The van der Waals surface area contributed by atoms with Crippen molar-refractivity contribution >= 4 is 5.91 Å². The highest BCUT2D eigenvalue weighted by molar-refractivity contribution is 5.76. The number of amides is 1. The number of carbonyl (C=O) groups is 1. The Morgan fingerprint density at radius 3 is 2.42 bits per heavy atom. The molecule has 0 radical (unpaired) electrons. The minimum absolute atomic E-state index is 0.0212. The molecule has 2 aromatic carbocycles. The maximum absolute atomic E-state index is 12.2. The molecule has 0 fully saturated rings. The summed E-state index contributed by atoms with van der Waals surface area (Å²) in [6, 6.07) is 13.7. The summed E-state index contributed by atoms with van der Waals surface area (Å²) >= 11 is 0. The molecular formula is C20H25NO3. The molecule has 24 heavy (non-hydrogen) atoms. The molecule has 2 rings (SSSR count). The fourth-order valence-corrected chi connectivity index (χ4v) is 2.58. The third kappa shape index (κ3) is 4.75. The highest BCUT2D eigenvalue weighted by atomic mass is 16.5. The maximum atomic E-state index is 12.2. The molecule has 1 atom stereocenters. The number of carbonyl (C=O) groups excluding carboxylic acids is 1.